The lowest BCUT2D eigenvalue weighted by atomic mass is 10.1. The molecule has 1 unspecified atom stereocenters. The molecule has 3 heterocycles. The van der Waals surface area contributed by atoms with Crippen LogP contribution in [0.3, 0.4) is 0 Å². The van der Waals surface area contributed by atoms with E-state index in [-0.39, 0.29) is 36.6 Å². The molecule has 1 fully saturated rings. The van der Waals surface area contributed by atoms with E-state index >= 15 is 0 Å². The molecule has 4 rings (SSSR count). The molecule has 2 aliphatic rings. The second-order valence-corrected chi connectivity index (χ2v) is 8.55. The first-order valence-corrected chi connectivity index (χ1v) is 11.4. The van der Waals surface area contributed by atoms with E-state index in [9.17, 15) is 4.39 Å². The van der Waals surface area contributed by atoms with Gasteiger partial charge in [-0.05, 0) is 61.5 Å². The molecule has 0 radical (unpaired) electrons. The summed E-state index contributed by atoms with van der Waals surface area (Å²) in [5.74, 6) is 1.24. The molecule has 2 aliphatic heterocycles. The lowest BCUT2D eigenvalue weighted by Crippen LogP contribution is -2.43. The number of nitrogens with one attached hydrogen (secondary N) is 2. The van der Waals surface area contributed by atoms with E-state index in [4.69, 9.17) is 9.47 Å². The van der Waals surface area contributed by atoms with Crippen LogP contribution in [-0.2, 0) is 17.8 Å². The van der Waals surface area contributed by atoms with Crippen molar-refractivity contribution < 1.29 is 13.9 Å². The van der Waals surface area contributed by atoms with Gasteiger partial charge in [-0.1, -0.05) is 6.07 Å². The van der Waals surface area contributed by atoms with Gasteiger partial charge in [0.15, 0.2) is 12.8 Å². The lowest BCUT2D eigenvalue weighted by Gasteiger charge is -2.27. The van der Waals surface area contributed by atoms with Crippen LogP contribution in [0.4, 0.5) is 4.39 Å². The summed E-state index contributed by atoms with van der Waals surface area (Å²) in [4.78, 5) is 8.28. The monoisotopic (exact) mass is 560 g/mol. The van der Waals surface area contributed by atoms with Gasteiger partial charge < -0.3 is 20.1 Å². The summed E-state index contributed by atoms with van der Waals surface area (Å²) in [6, 6.07) is 7.71. The van der Waals surface area contributed by atoms with Gasteiger partial charge in [0.25, 0.3) is 0 Å². The number of benzene rings is 1. The highest BCUT2D eigenvalue weighted by atomic mass is 127. The Bertz CT molecular complexity index is 859. The van der Waals surface area contributed by atoms with Gasteiger partial charge in [0.2, 0.25) is 0 Å². The molecule has 0 amide bonds. The van der Waals surface area contributed by atoms with Crippen molar-refractivity contribution in [3.05, 3.63) is 51.5 Å². The molecular formula is C22H30FIN4O2S. The number of fused-ring (bicyclic) bond motifs is 1. The summed E-state index contributed by atoms with van der Waals surface area (Å²) in [7, 11) is 1.77. The maximum atomic E-state index is 13.9. The van der Waals surface area contributed by atoms with Crippen LogP contribution >= 0.6 is 35.3 Å². The van der Waals surface area contributed by atoms with E-state index in [1.165, 1.54) is 23.8 Å². The average Bonchev–Trinajstić information content (AvgIpc) is 3.47. The van der Waals surface area contributed by atoms with Crippen molar-refractivity contribution in [3.63, 3.8) is 0 Å². The van der Waals surface area contributed by atoms with Crippen LogP contribution in [0.25, 0.3) is 0 Å². The summed E-state index contributed by atoms with van der Waals surface area (Å²) in [5.41, 5.74) is 1.62. The number of halogens is 2. The maximum Gasteiger partial charge on any atom is 0.191 e. The van der Waals surface area contributed by atoms with Crippen LogP contribution in [0.1, 0.15) is 34.9 Å². The highest BCUT2D eigenvalue weighted by Gasteiger charge is 2.24. The Morgan fingerprint density at radius 2 is 2.13 bits per heavy atom. The number of nitrogens with zero attached hydrogens (tertiary/aromatic N) is 2. The van der Waals surface area contributed by atoms with Crippen LogP contribution < -0.4 is 15.4 Å². The van der Waals surface area contributed by atoms with Gasteiger partial charge >= 0.3 is 0 Å². The number of aliphatic imine (C=N–C) groups is 1. The number of guanidine groups is 1. The average molecular weight is 560 g/mol. The second-order valence-electron chi connectivity index (χ2n) is 7.57. The summed E-state index contributed by atoms with van der Waals surface area (Å²) in [6.07, 6.45) is 3.17. The van der Waals surface area contributed by atoms with E-state index in [0.717, 1.165) is 42.5 Å². The van der Waals surface area contributed by atoms with Gasteiger partial charge in [0.1, 0.15) is 11.6 Å². The second kappa shape index (κ2) is 12.0. The van der Waals surface area contributed by atoms with E-state index in [1.807, 2.05) is 0 Å². The maximum absolute atomic E-state index is 13.9. The summed E-state index contributed by atoms with van der Waals surface area (Å²) in [6.45, 7) is 4.32. The topological polar surface area (TPSA) is 58.1 Å². The van der Waals surface area contributed by atoms with E-state index in [0.29, 0.717) is 25.6 Å². The first-order chi connectivity index (χ1) is 14.7. The van der Waals surface area contributed by atoms with Gasteiger partial charge in [-0.3, -0.25) is 9.89 Å². The van der Waals surface area contributed by atoms with Gasteiger partial charge in [0, 0.05) is 30.6 Å². The predicted octanol–water partition coefficient (Wildman–Crippen LogP) is 3.92. The number of likely N-dealkylation sites (tertiary alicyclic amines) is 1. The molecule has 1 aromatic heterocycles. The fourth-order valence-electron chi connectivity index (χ4n) is 4.12. The minimum Gasteiger partial charge on any atom is -0.467 e. The number of rotatable bonds is 7. The Kier molecular flexibility index (Phi) is 9.36. The Labute approximate surface area is 204 Å². The molecule has 0 spiro atoms. The molecule has 1 atom stereocenters. The van der Waals surface area contributed by atoms with Crippen molar-refractivity contribution in [2.45, 2.75) is 31.9 Å². The number of thiophene rings is 1. The minimum absolute atomic E-state index is 0. The van der Waals surface area contributed by atoms with Crippen molar-refractivity contribution >= 4 is 41.3 Å². The molecular weight excluding hydrogens is 530 g/mol. The van der Waals surface area contributed by atoms with Gasteiger partial charge in [-0.25, -0.2) is 4.39 Å². The molecule has 31 heavy (non-hydrogen) atoms. The number of hydrogen-bond donors (Lipinski definition) is 2. The largest absolute Gasteiger partial charge is 0.467 e. The van der Waals surface area contributed by atoms with E-state index < -0.39 is 0 Å². The zero-order valence-corrected chi connectivity index (χ0v) is 20.9. The van der Waals surface area contributed by atoms with Gasteiger partial charge in [0.05, 0.1) is 12.6 Å². The molecule has 1 aromatic carbocycles. The fraction of sp³-hybridized carbons (Fsp3) is 0.500. The van der Waals surface area contributed by atoms with Crippen molar-refractivity contribution in [2.24, 2.45) is 4.99 Å². The van der Waals surface area contributed by atoms with Crippen LogP contribution in [0, 0.1) is 5.82 Å². The van der Waals surface area contributed by atoms with Gasteiger partial charge in [-0.15, -0.1) is 35.3 Å². The normalized spacial score (nSPS) is 17.4. The first kappa shape index (κ1) is 24.2. The highest BCUT2D eigenvalue weighted by molar-refractivity contribution is 14.0. The Hall–Kier alpha value is -1.43. The number of ether oxygens (including phenoxy) is 2. The van der Waals surface area contributed by atoms with Crippen LogP contribution in [-0.4, -0.2) is 50.9 Å². The van der Waals surface area contributed by atoms with Crippen LogP contribution in [0.15, 0.2) is 34.6 Å². The summed E-state index contributed by atoms with van der Waals surface area (Å²) < 4.78 is 24.8. The van der Waals surface area contributed by atoms with E-state index in [2.05, 4.69) is 38.0 Å². The molecule has 0 bridgehead atoms. The molecule has 0 aliphatic carbocycles. The first-order valence-electron chi connectivity index (χ1n) is 10.5. The number of hydrogen-bond acceptors (Lipinski definition) is 5. The third kappa shape index (κ3) is 6.30. The zero-order chi connectivity index (χ0) is 20.8. The predicted molar refractivity (Wildman–Crippen MR) is 133 cm³/mol. The molecule has 0 saturated carbocycles. The highest BCUT2D eigenvalue weighted by Crippen LogP contribution is 2.30. The fourth-order valence-corrected chi connectivity index (χ4v) is 4.98. The third-order valence-corrected chi connectivity index (χ3v) is 6.55. The quantitative estimate of drug-likeness (QED) is 0.306. The van der Waals surface area contributed by atoms with Gasteiger partial charge in [-0.2, -0.15) is 0 Å². The minimum atomic E-state index is -0.259. The summed E-state index contributed by atoms with van der Waals surface area (Å²) in [5, 5.41) is 8.96. The standard InChI is InChI=1S/C22H29FN4O2S.HI/c1-24-22(26-13-19(20-5-4-10-30-20)27-8-2-3-9-27)25-7-6-16-11-18(23)12-17-14-28-15-29-21(16)17;/h4-5,10-12,19H,2-3,6-9,13-15H2,1H3,(H2,24,25,26);1H. The Morgan fingerprint density at radius 3 is 2.87 bits per heavy atom. The van der Waals surface area contributed by atoms with Crippen molar-refractivity contribution in [1.29, 1.82) is 0 Å². The Morgan fingerprint density at radius 1 is 1.29 bits per heavy atom. The van der Waals surface area contributed by atoms with Crippen molar-refractivity contribution in [2.75, 3.05) is 40.0 Å². The summed E-state index contributed by atoms with van der Waals surface area (Å²) >= 11 is 1.81. The molecule has 2 aromatic rings. The van der Waals surface area contributed by atoms with E-state index in [1.54, 1.807) is 24.5 Å². The zero-order valence-electron chi connectivity index (χ0n) is 17.7. The van der Waals surface area contributed by atoms with Crippen LogP contribution in [0.2, 0.25) is 0 Å². The van der Waals surface area contributed by atoms with Crippen molar-refractivity contribution in [3.8, 4) is 5.75 Å². The molecule has 170 valence electrons. The molecule has 2 N–H and O–H groups in total. The Balaban J connectivity index is 0.00000272. The van der Waals surface area contributed by atoms with Crippen LogP contribution in [0.5, 0.6) is 5.75 Å². The molecule has 9 heteroatoms. The SMILES string of the molecule is CN=C(NCCc1cc(F)cc2c1OCOC2)NCC(c1cccs1)N1CCCC1.I. The molecule has 1 saturated heterocycles. The third-order valence-electron chi connectivity index (χ3n) is 5.58. The smallest absolute Gasteiger partial charge is 0.191 e. The lowest BCUT2D eigenvalue weighted by molar-refractivity contribution is -0.0172. The molecule has 6 nitrogen and oxygen atoms in total. The van der Waals surface area contributed by atoms with Crippen molar-refractivity contribution in [1.82, 2.24) is 15.5 Å².